The highest BCUT2D eigenvalue weighted by molar-refractivity contribution is 7.89. The topological polar surface area (TPSA) is 82.1 Å². The van der Waals surface area contributed by atoms with Crippen LogP contribution < -0.4 is 4.74 Å². The maximum atomic E-state index is 12.9. The van der Waals surface area contributed by atoms with Gasteiger partial charge in [0.15, 0.2) is 0 Å². The van der Waals surface area contributed by atoms with Crippen molar-refractivity contribution in [1.82, 2.24) is 4.31 Å². The molecule has 2 aliphatic rings. The molecular formula is C14H17NO6S. The molecule has 2 bridgehead atoms. The van der Waals surface area contributed by atoms with Crippen LogP contribution in [0.1, 0.15) is 16.8 Å². The molecule has 22 heavy (non-hydrogen) atoms. The van der Waals surface area contributed by atoms with Gasteiger partial charge in [-0.25, -0.2) is 13.2 Å². The van der Waals surface area contributed by atoms with Crippen LogP contribution in [0.25, 0.3) is 0 Å². The number of esters is 1. The van der Waals surface area contributed by atoms with Crippen molar-refractivity contribution in [2.75, 3.05) is 27.4 Å². The highest BCUT2D eigenvalue weighted by atomic mass is 32.2. The first-order chi connectivity index (χ1) is 10.5. The van der Waals surface area contributed by atoms with E-state index >= 15 is 0 Å². The summed E-state index contributed by atoms with van der Waals surface area (Å²) < 4.78 is 42.5. The van der Waals surface area contributed by atoms with Crippen molar-refractivity contribution < 1.29 is 27.4 Å². The quantitative estimate of drug-likeness (QED) is 0.755. The van der Waals surface area contributed by atoms with Gasteiger partial charge < -0.3 is 14.2 Å². The number of nitrogens with zero attached hydrogens (tertiary/aromatic N) is 1. The van der Waals surface area contributed by atoms with E-state index in [9.17, 15) is 13.2 Å². The second kappa shape index (κ2) is 5.53. The first kappa shape index (κ1) is 15.3. The van der Waals surface area contributed by atoms with Crippen LogP contribution in [-0.2, 0) is 19.5 Å². The van der Waals surface area contributed by atoms with Crippen molar-refractivity contribution in [2.45, 2.75) is 23.5 Å². The minimum Gasteiger partial charge on any atom is -0.495 e. The molecule has 0 aromatic heterocycles. The predicted molar refractivity (Wildman–Crippen MR) is 76.4 cm³/mol. The Hall–Kier alpha value is -1.64. The number of fused-ring (bicyclic) bond motifs is 2. The van der Waals surface area contributed by atoms with Crippen molar-refractivity contribution in [1.29, 1.82) is 0 Å². The van der Waals surface area contributed by atoms with E-state index in [1.54, 1.807) is 0 Å². The second-order valence-corrected chi connectivity index (χ2v) is 7.14. The van der Waals surface area contributed by atoms with E-state index in [1.807, 2.05) is 0 Å². The van der Waals surface area contributed by atoms with Gasteiger partial charge in [0, 0.05) is 6.54 Å². The monoisotopic (exact) mass is 327 g/mol. The van der Waals surface area contributed by atoms with Gasteiger partial charge >= 0.3 is 5.97 Å². The number of morpholine rings is 1. The molecule has 1 aromatic carbocycles. The molecule has 0 N–H and O–H groups in total. The Morgan fingerprint density at radius 1 is 1.36 bits per heavy atom. The maximum absolute atomic E-state index is 12.9. The molecule has 0 spiro atoms. The van der Waals surface area contributed by atoms with Gasteiger partial charge in [0.1, 0.15) is 10.6 Å². The summed E-state index contributed by atoms with van der Waals surface area (Å²) in [5.41, 5.74) is 0.169. The van der Waals surface area contributed by atoms with E-state index < -0.39 is 16.0 Å². The lowest BCUT2D eigenvalue weighted by Crippen LogP contribution is -2.41. The molecule has 120 valence electrons. The van der Waals surface area contributed by atoms with E-state index in [0.717, 1.165) is 0 Å². The highest BCUT2D eigenvalue weighted by Crippen LogP contribution is 2.36. The fourth-order valence-electron chi connectivity index (χ4n) is 2.91. The number of hydrogen-bond acceptors (Lipinski definition) is 6. The largest absolute Gasteiger partial charge is 0.495 e. The van der Waals surface area contributed by atoms with Gasteiger partial charge in [-0.15, -0.1) is 0 Å². The number of carbonyl (C=O) groups is 1. The summed E-state index contributed by atoms with van der Waals surface area (Å²) >= 11 is 0. The molecule has 0 amide bonds. The number of hydrogen-bond donors (Lipinski definition) is 0. The Balaban J connectivity index is 2.03. The van der Waals surface area contributed by atoms with Crippen molar-refractivity contribution >= 4 is 16.0 Å². The minimum atomic E-state index is -3.76. The molecule has 3 rings (SSSR count). The third-order valence-corrected chi connectivity index (χ3v) is 5.96. The zero-order chi connectivity index (χ0) is 15.9. The molecule has 7 nitrogen and oxygen atoms in total. The summed E-state index contributed by atoms with van der Waals surface area (Å²) in [6, 6.07) is 4.08. The first-order valence-corrected chi connectivity index (χ1v) is 8.31. The van der Waals surface area contributed by atoms with Crippen LogP contribution in [0.2, 0.25) is 0 Å². The van der Waals surface area contributed by atoms with Gasteiger partial charge in [0.05, 0.1) is 38.5 Å². The lowest BCUT2D eigenvalue weighted by atomic mass is 10.2. The summed E-state index contributed by atoms with van der Waals surface area (Å²) in [7, 11) is -1.11. The van der Waals surface area contributed by atoms with Crippen LogP contribution >= 0.6 is 0 Å². The number of methoxy groups -OCH3 is 2. The summed E-state index contributed by atoms with van der Waals surface area (Å²) in [4.78, 5) is 11.6. The van der Waals surface area contributed by atoms with E-state index in [2.05, 4.69) is 4.74 Å². The van der Waals surface area contributed by atoms with Crippen molar-refractivity contribution in [3.8, 4) is 5.75 Å². The van der Waals surface area contributed by atoms with Crippen molar-refractivity contribution in [2.24, 2.45) is 0 Å². The highest BCUT2D eigenvalue weighted by Gasteiger charge is 2.46. The molecule has 8 heteroatoms. The Kier molecular flexibility index (Phi) is 3.84. The van der Waals surface area contributed by atoms with Gasteiger partial charge in [0.25, 0.3) is 0 Å². The maximum Gasteiger partial charge on any atom is 0.337 e. The van der Waals surface area contributed by atoms with Crippen LogP contribution in [0.5, 0.6) is 5.75 Å². The van der Waals surface area contributed by atoms with E-state index in [1.165, 1.54) is 36.7 Å². The standard InChI is InChI=1S/C14H17NO6S/c1-19-12-4-3-9(14(16)20-2)5-13(12)22(17,18)15-7-11-6-10(15)8-21-11/h3-5,10-11H,6-8H2,1-2H3/t10-,11+/m0/s1. The third kappa shape index (κ3) is 2.37. The summed E-state index contributed by atoms with van der Waals surface area (Å²) in [5.74, 6) is -0.387. The lowest BCUT2D eigenvalue weighted by molar-refractivity contribution is 0.0597. The van der Waals surface area contributed by atoms with Gasteiger partial charge in [-0.2, -0.15) is 4.31 Å². The van der Waals surface area contributed by atoms with Crippen LogP contribution in [0, 0.1) is 0 Å². The van der Waals surface area contributed by atoms with Gasteiger partial charge in [-0.1, -0.05) is 0 Å². The number of ether oxygens (including phenoxy) is 3. The Bertz CT molecular complexity index is 701. The Morgan fingerprint density at radius 2 is 2.14 bits per heavy atom. The smallest absolute Gasteiger partial charge is 0.337 e. The Morgan fingerprint density at radius 3 is 2.68 bits per heavy atom. The number of sulfonamides is 1. The van der Waals surface area contributed by atoms with Gasteiger partial charge in [-0.3, -0.25) is 0 Å². The molecule has 2 fully saturated rings. The molecule has 2 heterocycles. The van der Waals surface area contributed by atoms with Crippen LogP contribution in [0.4, 0.5) is 0 Å². The summed E-state index contributed by atoms with van der Waals surface area (Å²) in [6.07, 6.45) is 0.660. The van der Waals surface area contributed by atoms with Crippen LogP contribution in [0.3, 0.4) is 0 Å². The number of benzene rings is 1. The number of carbonyl (C=O) groups excluding carboxylic acids is 1. The van der Waals surface area contributed by atoms with Crippen molar-refractivity contribution in [3.05, 3.63) is 23.8 Å². The lowest BCUT2D eigenvalue weighted by Gasteiger charge is -2.26. The third-order valence-electron chi connectivity index (χ3n) is 4.02. The van der Waals surface area contributed by atoms with E-state index in [4.69, 9.17) is 9.47 Å². The molecule has 2 aliphatic heterocycles. The van der Waals surface area contributed by atoms with Gasteiger partial charge in [0.2, 0.25) is 10.0 Å². The minimum absolute atomic E-state index is 0.0227. The molecule has 0 radical (unpaired) electrons. The second-order valence-electron chi connectivity index (χ2n) is 5.28. The van der Waals surface area contributed by atoms with Crippen LogP contribution in [0.15, 0.2) is 23.1 Å². The SMILES string of the molecule is COC(=O)c1ccc(OC)c(S(=O)(=O)N2C[C@H]3C[C@H]2CO3)c1. The molecule has 2 atom stereocenters. The Labute approximate surface area is 128 Å². The normalized spacial score (nSPS) is 24.5. The average Bonchev–Trinajstić information content (AvgIpc) is 3.16. The van der Waals surface area contributed by atoms with E-state index in [-0.39, 0.29) is 28.4 Å². The van der Waals surface area contributed by atoms with Crippen molar-refractivity contribution in [3.63, 3.8) is 0 Å². The summed E-state index contributed by atoms with van der Waals surface area (Å²) in [6.45, 7) is 0.738. The molecule has 0 unspecified atom stereocenters. The van der Waals surface area contributed by atoms with Crippen LogP contribution in [-0.4, -0.2) is 58.2 Å². The van der Waals surface area contributed by atoms with E-state index in [0.29, 0.717) is 19.6 Å². The number of rotatable bonds is 4. The predicted octanol–water partition coefficient (Wildman–Crippen LogP) is 0.644. The summed E-state index contributed by atoms with van der Waals surface area (Å²) in [5, 5.41) is 0. The zero-order valence-corrected chi connectivity index (χ0v) is 13.1. The fourth-order valence-corrected chi connectivity index (χ4v) is 4.74. The molecule has 1 aromatic rings. The average molecular weight is 327 g/mol. The molecule has 0 aliphatic carbocycles. The first-order valence-electron chi connectivity index (χ1n) is 6.87. The zero-order valence-electron chi connectivity index (χ0n) is 12.3. The molecule has 2 saturated heterocycles. The molecular weight excluding hydrogens is 310 g/mol. The fraction of sp³-hybridized carbons (Fsp3) is 0.500. The van der Waals surface area contributed by atoms with Gasteiger partial charge in [-0.05, 0) is 24.6 Å². The molecule has 0 saturated carbocycles.